The van der Waals surface area contributed by atoms with E-state index in [0.717, 1.165) is 6.92 Å². The third-order valence-electron chi connectivity index (χ3n) is 2.13. The number of Topliss-reactive ketones (excluding diaryl/α,β-unsaturated/α-hetero) is 2. The van der Waals surface area contributed by atoms with Gasteiger partial charge in [0.25, 0.3) is 0 Å². The molecule has 19 heavy (non-hydrogen) atoms. The lowest BCUT2D eigenvalue weighted by Gasteiger charge is -2.03. The van der Waals surface area contributed by atoms with Gasteiger partial charge in [0.15, 0.2) is 6.54 Å². The molecule has 1 rings (SSSR count). The molecule has 104 valence electrons. The normalized spacial score (nSPS) is 9.26. The fraction of sp³-hybridized carbons (Fsp3) is 0.385. The SMILES string of the molecule is CC(=O)[O-].CC(=O)c1cccc(C(C)=O)[n+]1CCO. The van der Waals surface area contributed by atoms with E-state index in [4.69, 9.17) is 15.0 Å². The number of carboxylic acids is 1. The molecule has 0 aliphatic rings. The molecule has 0 aliphatic heterocycles. The van der Waals surface area contributed by atoms with E-state index in [1.807, 2.05) is 0 Å². The average molecular weight is 267 g/mol. The molecule has 0 fully saturated rings. The van der Waals surface area contributed by atoms with Crippen molar-refractivity contribution in [2.45, 2.75) is 27.3 Å². The van der Waals surface area contributed by atoms with Gasteiger partial charge in [0.2, 0.25) is 23.0 Å². The van der Waals surface area contributed by atoms with Crippen LogP contribution in [-0.4, -0.2) is 29.2 Å². The molecule has 0 aliphatic carbocycles. The first-order chi connectivity index (χ1) is 8.81. The van der Waals surface area contributed by atoms with Crippen LogP contribution in [0.3, 0.4) is 0 Å². The van der Waals surface area contributed by atoms with Gasteiger partial charge in [-0.2, -0.15) is 4.57 Å². The van der Waals surface area contributed by atoms with Crippen LogP contribution in [0, 0.1) is 0 Å². The molecule has 0 saturated heterocycles. The van der Waals surface area contributed by atoms with Gasteiger partial charge in [-0.05, 0) is 13.0 Å². The van der Waals surface area contributed by atoms with Crippen molar-refractivity contribution in [1.82, 2.24) is 0 Å². The highest BCUT2D eigenvalue weighted by molar-refractivity contribution is 5.93. The molecule has 0 aromatic carbocycles. The number of hydrogen-bond acceptors (Lipinski definition) is 5. The quantitative estimate of drug-likeness (QED) is 0.564. The average Bonchev–Trinajstić information content (AvgIpc) is 2.28. The van der Waals surface area contributed by atoms with Crippen molar-refractivity contribution in [2.75, 3.05) is 6.61 Å². The van der Waals surface area contributed by atoms with Crippen molar-refractivity contribution in [3.05, 3.63) is 29.6 Å². The Morgan fingerprint density at radius 3 is 1.74 bits per heavy atom. The van der Waals surface area contributed by atoms with Crippen LogP contribution in [0.4, 0.5) is 0 Å². The highest BCUT2D eigenvalue weighted by atomic mass is 16.4. The molecule has 0 saturated carbocycles. The largest absolute Gasteiger partial charge is 0.550 e. The van der Waals surface area contributed by atoms with Gasteiger partial charge in [-0.15, -0.1) is 0 Å². The molecular weight excluding hydrogens is 250 g/mol. The summed E-state index contributed by atoms with van der Waals surface area (Å²) in [6, 6.07) is 4.95. The second kappa shape index (κ2) is 8.10. The van der Waals surface area contributed by atoms with E-state index in [1.54, 1.807) is 22.8 Å². The molecular formula is C13H17NO5. The van der Waals surface area contributed by atoms with Gasteiger partial charge in [0.1, 0.15) is 6.61 Å². The van der Waals surface area contributed by atoms with E-state index in [2.05, 4.69) is 0 Å². The zero-order chi connectivity index (χ0) is 15.0. The Hall–Kier alpha value is -2.08. The van der Waals surface area contributed by atoms with Gasteiger partial charge in [0.05, 0.1) is 0 Å². The first-order valence-corrected chi connectivity index (χ1v) is 5.64. The van der Waals surface area contributed by atoms with E-state index >= 15 is 0 Å². The first kappa shape index (κ1) is 16.9. The smallest absolute Gasteiger partial charge is 0.248 e. The zero-order valence-electron chi connectivity index (χ0n) is 11.2. The lowest BCUT2D eigenvalue weighted by Crippen LogP contribution is -2.46. The minimum absolute atomic E-state index is 0.102. The number of carbonyl (C=O) groups is 3. The number of aliphatic hydroxyl groups is 1. The van der Waals surface area contributed by atoms with Gasteiger partial charge < -0.3 is 15.0 Å². The lowest BCUT2D eigenvalue weighted by molar-refractivity contribution is -0.701. The minimum atomic E-state index is -1.08. The van der Waals surface area contributed by atoms with Crippen molar-refractivity contribution >= 4 is 17.5 Å². The number of pyridine rings is 1. The highest BCUT2D eigenvalue weighted by Gasteiger charge is 2.21. The summed E-state index contributed by atoms with van der Waals surface area (Å²) in [7, 11) is 0. The fourth-order valence-corrected chi connectivity index (χ4v) is 1.50. The van der Waals surface area contributed by atoms with Crippen molar-refractivity contribution in [1.29, 1.82) is 0 Å². The lowest BCUT2D eigenvalue weighted by atomic mass is 10.2. The molecule has 0 bridgehead atoms. The molecule has 0 amide bonds. The topological polar surface area (TPSA) is 98.4 Å². The minimum Gasteiger partial charge on any atom is -0.550 e. The van der Waals surface area contributed by atoms with E-state index < -0.39 is 5.97 Å². The number of aromatic nitrogens is 1. The van der Waals surface area contributed by atoms with Crippen LogP contribution < -0.4 is 9.67 Å². The van der Waals surface area contributed by atoms with Crippen molar-refractivity contribution in [3.63, 3.8) is 0 Å². The third-order valence-corrected chi connectivity index (χ3v) is 2.13. The zero-order valence-corrected chi connectivity index (χ0v) is 11.2. The molecule has 1 aromatic rings. The Labute approximate surface area is 111 Å². The summed E-state index contributed by atoms with van der Waals surface area (Å²) in [5.74, 6) is -1.32. The number of rotatable bonds is 4. The number of carbonyl (C=O) groups excluding carboxylic acids is 3. The molecule has 1 heterocycles. The second-order valence-corrected chi connectivity index (χ2v) is 3.78. The molecule has 0 atom stereocenters. The van der Waals surface area contributed by atoms with Crippen LogP contribution in [0.25, 0.3) is 0 Å². The molecule has 1 N–H and O–H groups in total. The molecule has 0 radical (unpaired) electrons. The molecule has 0 spiro atoms. The van der Waals surface area contributed by atoms with Gasteiger partial charge in [-0.3, -0.25) is 9.59 Å². The molecule has 6 heteroatoms. The highest BCUT2D eigenvalue weighted by Crippen LogP contribution is 1.99. The number of nitrogens with zero attached hydrogens (tertiary/aromatic N) is 1. The van der Waals surface area contributed by atoms with E-state index in [9.17, 15) is 9.59 Å². The van der Waals surface area contributed by atoms with E-state index in [-0.39, 0.29) is 24.7 Å². The summed E-state index contributed by atoms with van der Waals surface area (Å²) >= 11 is 0. The standard InChI is InChI=1S/C11H14NO3.C2H4O2/c1-8(14)10-4-3-5-11(9(2)15)12(10)6-7-13;1-2(3)4/h3-5,13H,6-7H2,1-2H3;1H3,(H,3,4)/q+1;/p-1. The Morgan fingerprint density at radius 1 is 1.11 bits per heavy atom. The Balaban J connectivity index is 0.000000711. The van der Waals surface area contributed by atoms with Crippen molar-refractivity contribution < 1.29 is 29.2 Å². The number of carboxylic acid groups (broad SMARTS) is 1. The maximum atomic E-state index is 11.3. The van der Waals surface area contributed by atoms with Crippen molar-refractivity contribution in [3.8, 4) is 0 Å². The third kappa shape index (κ3) is 5.87. The van der Waals surface area contributed by atoms with Crippen LogP contribution in [0.2, 0.25) is 0 Å². The second-order valence-electron chi connectivity index (χ2n) is 3.78. The van der Waals surface area contributed by atoms with Gasteiger partial charge >= 0.3 is 0 Å². The Morgan fingerprint density at radius 2 is 1.47 bits per heavy atom. The van der Waals surface area contributed by atoms with Crippen LogP contribution in [0.5, 0.6) is 0 Å². The predicted octanol–water partition coefficient (Wildman–Crippen LogP) is -0.872. The summed E-state index contributed by atoms with van der Waals surface area (Å²) in [5.41, 5.74) is 0.883. The Bertz CT molecular complexity index is 446. The molecule has 0 unspecified atom stereocenters. The number of aliphatic hydroxyl groups excluding tert-OH is 1. The van der Waals surface area contributed by atoms with Gasteiger partial charge in [-0.1, -0.05) is 0 Å². The van der Waals surface area contributed by atoms with Crippen LogP contribution in [0.15, 0.2) is 18.2 Å². The number of hydrogen-bond donors (Lipinski definition) is 1. The number of ketones is 2. The van der Waals surface area contributed by atoms with Crippen molar-refractivity contribution in [2.24, 2.45) is 0 Å². The van der Waals surface area contributed by atoms with E-state index in [1.165, 1.54) is 13.8 Å². The van der Waals surface area contributed by atoms with Crippen LogP contribution >= 0.6 is 0 Å². The summed E-state index contributed by atoms with van der Waals surface area (Å²) in [5, 5.41) is 17.8. The Kier molecular flexibility index (Phi) is 7.21. The predicted molar refractivity (Wildman–Crippen MR) is 64.4 cm³/mol. The van der Waals surface area contributed by atoms with E-state index in [0.29, 0.717) is 11.4 Å². The fourth-order valence-electron chi connectivity index (χ4n) is 1.50. The van der Waals surface area contributed by atoms with Crippen LogP contribution in [-0.2, 0) is 11.3 Å². The maximum absolute atomic E-state index is 11.3. The molecule has 6 nitrogen and oxygen atoms in total. The first-order valence-electron chi connectivity index (χ1n) is 5.64. The van der Waals surface area contributed by atoms with Gasteiger partial charge in [-0.25, -0.2) is 0 Å². The summed E-state index contributed by atoms with van der Waals surface area (Å²) < 4.78 is 1.55. The molecule has 1 aromatic heterocycles. The van der Waals surface area contributed by atoms with Crippen LogP contribution in [0.1, 0.15) is 41.7 Å². The maximum Gasteiger partial charge on any atom is 0.248 e. The summed E-state index contributed by atoms with van der Waals surface area (Å²) in [4.78, 5) is 31.5. The monoisotopic (exact) mass is 267 g/mol. The number of aliphatic carboxylic acids is 1. The summed E-state index contributed by atoms with van der Waals surface area (Å²) in [6.45, 7) is 4.00. The van der Waals surface area contributed by atoms with Gasteiger partial charge in [0, 0.05) is 31.9 Å². The summed E-state index contributed by atoms with van der Waals surface area (Å²) in [6.07, 6.45) is 0.